The average Bonchev–Trinajstić information content (AvgIpc) is 3.22. The lowest BCUT2D eigenvalue weighted by Crippen LogP contribution is -2.36. The highest BCUT2D eigenvalue weighted by Gasteiger charge is 2.30. The number of rotatable bonds is 5. The number of ether oxygens (including phenoxy) is 1. The van der Waals surface area contributed by atoms with Crippen molar-refractivity contribution in [1.29, 1.82) is 0 Å². The van der Waals surface area contributed by atoms with Crippen LogP contribution >= 0.6 is 0 Å². The standard InChI is InChI=1S/C27H26N2O6/c1-15-11-23(31)26(33)27(35-15)19(16-7-8-24(34-2)22(30)12-16)13-25(32)29-10-9-18-17-5-3-4-6-20(17)28-21(18)14-29/h3-8,11-12,19,28,30,33H,9-10,13-14H2,1-2H3/t19-/m1/s1. The molecule has 0 aliphatic carbocycles. The number of carbonyl (C=O) groups is 1. The van der Waals surface area contributed by atoms with Crippen molar-refractivity contribution in [2.45, 2.75) is 32.2 Å². The number of phenolic OH excluding ortho intramolecular Hbond substituents is 1. The molecule has 1 aliphatic rings. The van der Waals surface area contributed by atoms with E-state index in [1.807, 2.05) is 18.2 Å². The third-order valence-corrected chi connectivity index (χ3v) is 6.61. The number of methoxy groups -OCH3 is 1. The van der Waals surface area contributed by atoms with Crippen LogP contribution in [0.15, 0.2) is 57.7 Å². The second kappa shape index (κ2) is 8.87. The van der Waals surface area contributed by atoms with Crippen molar-refractivity contribution in [2.75, 3.05) is 13.7 Å². The zero-order chi connectivity index (χ0) is 24.7. The number of hydrogen-bond donors (Lipinski definition) is 3. The molecule has 1 atom stereocenters. The maximum atomic E-state index is 13.5. The average molecular weight is 475 g/mol. The first-order valence-electron chi connectivity index (χ1n) is 11.4. The summed E-state index contributed by atoms with van der Waals surface area (Å²) in [4.78, 5) is 31.0. The first-order valence-corrected chi connectivity index (χ1v) is 11.4. The Labute approximate surface area is 201 Å². The number of nitrogens with zero attached hydrogens (tertiary/aromatic N) is 1. The van der Waals surface area contributed by atoms with Gasteiger partial charge in [0.25, 0.3) is 0 Å². The van der Waals surface area contributed by atoms with Gasteiger partial charge in [-0.1, -0.05) is 24.3 Å². The quantitative estimate of drug-likeness (QED) is 0.403. The van der Waals surface area contributed by atoms with Gasteiger partial charge in [0.05, 0.1) is 19.6 Å². The molecule has 1 aliphatic heterocycles. The largest absolute Gasteiger partial charge is 0.504 e. The van der Waals surface area contributed by atoms with Crippen LogP contribution in [0.2, 0.25) is 0 Å². The van der Waals surface area contributed by atoms with Crippen LogP contribution in [0.4, 0.5) is 0 Å². The van der Waals surface area contributed by atoms with Gasteiger partial charge in [0.15, 0.2) is 17.3 Å². The lowest BCUT2D eigenvalue weighted by Gasteiger charge is -2.29. The number of fused-ring (bicyclic) bond motifs is 3. The number of carbonyl (C=O) groups excluding carboxylic acids is 1. The van der Waals surface area contributed by atoms with Crippen molar-refractivity contribution in [3.8, 4) is 17.2 Å². The SMILES string of the molecule is COc1ccc([C@@H](CC(=O)N2CCc3c([nH]c4ccccc34)C2)c2oc(C)cc(=O)c2O)cc1O. The molecule has 4 aromatic rings. The molecule has 0 radical (unpaired) electrons. The Morgan fingerprint density at radius 3 is 2.77 bits per heavy atom. The van der Waals surface area contributed by atoms with E-state index in [0.717, 1.165) is 17.6 Å². The monoisotopic (exact) mass is 474 g/mol. The van der Waals surface area contributed by atoms with Crippen LogP contribution < -0.4 is 10.2 Å². The van der Waals surface area contributed by atoms with E-state index in [0.29, 0.717) is 24.4 Å². The summed E-state index contributed by atoms with van der Waals surface area (Å²) in [6, 6.07) is 14.0. The van der Waals surface area contributed by atoms with Crippen molar-refractivity contribution in [1.82, 2.24) is 9.88 Å². The molecule has 0 fully saturated rings. The molecular weight excluding hydrogens is 448 g/mol. The Morgan fingerprint density at radius 1 is 1.20 bits per heavy atom. The third kappa shape index (κ3) is 4.12. The normalized spacial score (nSPS) is 14.1. The van der Waals surface area contributed by atoms with Crippen LogP contribution in [0.1, 0.15) is 40.7 Å². The molecule has 8 nitrogen and oxygen atoms in total. The van der Waals surface area contributed by atoms with Gasteiger partial charge in [-0.05, 0) is 42.7 Å². The molecule has 0 spiro atoms. The van der Waals surface area contributed by atoms with E-state index in [1.54, 1.807) is 24.0 Å². The number of hydrogen-bond acceptors (Lipinski definition) is 6. The molecule has 35 heavy (non-hydrogen) atoms. The second-order valence-corrected chi connectivity index (χ2v) is 8.82. The number of aromatic hydroxyl groups is 2. The molecule has 0 saturated heterocycles. The third-order valence-electron chi connectivity index (χ3n) is 6.61. The Kier molecular flexibility index (Phi) is 5.72. The summed E-state index contributed by atoms with van der Waals surface area (Å²) < 4.78 is 10.9. The predicted octanol–water partition coefficient (Wildman–Crippen LogP) is 3.96. The van der Waals surface area contributed by atoms with E-state index in [2.05, 4.69) is 11.1 Å². The number of amides is 1. The first kappa shape index (κ1) is 22.6. The summed E-state index contributed by atoms with van der Waals surface area (Å²) in [6.07, 6.45) is 0.672. The Hall–Kier alpha value is -4.20. The lowest BCUT2D eigenvalue weighted by atomic mass is 9.90. The highest BCUT2D eigenvalue weighted by atomic mass is 16.5. The van der Waals surface area contributed by atoms with E-state index < -0.39 is 17.1 Å². The fourth-order valence-electron chi connectivity index (χ4n) is 4.86. The topological polar surface area (TPSA) is 116 Å². The molecule has 2 aromatic heterocycles. The van der Waals surface area contributed by atoms with Crippen LogP contribution in [0.25, 0.3) is 10.9 Å². The molecule has 3 N–H and O–H groups in total. The van der Waals surface area contributed by atoms with Crippen molar-refractivity contribution in [3.05, 3.63) is 87.1 Å². The molecule has 0 saturated carbocycles. The molecular formula is C27H26N2O6. The highest BCUT2D eigenvalue weighted by Crippen LogP contribution is 2.38. The van der Waals surface area contributed by atoms with Gasteiger partial charge in [-0.15, -0.1) is 0 Å². The zero-order valence-corrected chi connectivity index (χ0v) is 19.5. The molecule has 2 aromatic carbocycles. The van der Waals surface area contributed by atoms with Crippen molar-refractivity contribution >= 4 is 16.8 Å². The van der Waals surface area contributed by atoms with Crippen LogP contribution in [0.5, 0.6) is 17.2 Å². The molecule has 0 bridgehead atoms. The van der Waals surface area contributed by atoms with Gasteiger partial charge < -0.3 is 29.3 Å². The molecule has 180 valence electrons. The summed E-state index contributed by atoms with van der Waals surface area (Å²) in [6.45, 7) is 2.60. The number of H-pyrrole nitrogens is 1. The Balaban J connectivity index is 1.48. The maximum absolute atomic E-state index is 13.5. The summed E-state index contributed by atoms with van der Waals surface area (Å²) in [5.74, 6) is -1.00. The fraction of sp³-hybridized carbons (Fsp3) is 0.259. The van der Waals surface area contributed by atoms with Crippen LogP contribution in [0.3, 0.4) is 0 Å². The first-order chi connectivity index (χ1) is 16.9. The summed E-state index contributed by atoms with van der Waals surface area (Å²) in [5.41, 5.74) is 3.21. The van der Waals surface area contributed by atoms with Gasteiger partial charge in [0.2, 0.25) is 17.1 Å². The smallest absolute Gasteiger partial charge is 0.227 e. The molecule has 1 amide bonds. The molecule has 3 heterocycles. The van der Waals surface area contributed by atoms with Gasteiger partial charge >= 0.3 is 0 Å². The number of nitrogens with one attached hydrogen (secondary N) is 1. The summed E-state index contributed by atoms with van der Waals surface area (Å²) in [7, 11) is 1.44. The molecule has 0 unspecified atom stereocenters. The number of aromatic nitrogens is 1. The number of phenols is 1. The fourth-order valence-corrected chi connectivity index (χ4v) is 4.86. The number of para-hydroxylation sites is 1. The number of aromatic amines is 1. The Morgan fingerprint density at radius 2 is 2.00 bits per heavy atom. The van der Waals surface area contributed by atoms with Crippen LogP contribution in [-0.4, -0.2) is 39.7 Å². The minimum Gasteiger partial charge on any atom is -0.504 e. The highest BCUT2D eigenvalue weighted by molar-refractivity contribution is 5.86. The summed E-state index contributed by atoms with van der Waals surface area (Å²) >= 11 is 0. The van der Waals surface area contributed by atoms with Crippen LogP contribution in [0, 0.1) is 6.92 Å². The minimum atomic E-state index is -0.781. The van der Waals surface area contributed by atoms with Crippen molar-refractivity contribution < 1.29 is 24.2 Å². The van der Waals surface area contributed by atoms with Crippen LogP contribution in [-0.2, 0) is 17.8 Å². The zero-order valence-electron chi connectivity index (χ0n) is 19.5. The van der Waals surface area contributed by atoms with E-state index in [1.165, 1.54) is 30.2 Å². The van der Waals surface area contributed by atoms with E-state index in [-0.39, 0.29) is 29.6 Å². The van der Waals surface area contributed by atoms with E-state index in [9.17, 15) is 19.8 Å². The van der Waals surface area contributed by atoms with Gasteiger partial charge in [-0.3, -0.25) is 9.59 Å². The maximum Gasteiger partial charge on any atom is 0.227 e. The van der Waals surface area contributed by atoms with E-state index in [4.69, 9.17) is 9.15 Å². The van der Waals surface area contributed by atoms with Crippen molar-refractivity contribution in [2.24, 2.45) is 0 Å². The van der Waals surface area contributed by atoms with Gasteiger partial charge in [-0.2, -0.15) is 0 Å². The molecule has 8 heteroatoms. The summed E-state index contributed by atoms with van der Waals surface area (Å²) in [5, 5.41) is 22.1. The number of benzene rings is 2. The minimum absolute atomic E-state index is 0.00349. The second-order valence-electron chi connectivity index (χ2n) is 8.82. The Bertz CT molecular complexity index is 1490. The number of aryl methyl sites for hydroxylation is 1. The van der Waals surface area contributed by atoms with Gasteiger partial charge in [0.1, 0.15) is 5.76 Å². The van der Waals surface area contributed by atoms with Gasteiger partial charge in [-0.25, -0.2) is 0 Å². The van der Waals surface area contributed by atoms with Crippen molar-refractivity contribution in [3.63, 3.8) is 0 Å². The predicted molar refractivity (Wildman–Crippen MR) is 130 cm³/mol. The lowest BCUT2D eigenvalue weighted by molar-refractivity contribution is -0.132. The van der Waals surface area contributed by atoms with E-state index >= 15 is 0 Å². The molecule has 5 rings (SSSR count). The van der Waals surface area contributed by atoms with Gasteiger partial charge in [0, 0.05) is 35.6 Å².